The molecule has 3 heterocycles. The standard InChI is InChI=1S/C34H40FN5O5/c1-20(37-32(42)45-33(2,3)4)31(41)44-29(16-27-30-24(7-6-8-25(30)35)28-17-36-19-40(27)28)34(43)13-11-21(12-14-34)22-9-10-23-18-39(5)38-26(23)15-22/h6-10,15,17-21,27,29,43H,11-14,16H2,1-5H3,(H,37,42)/t20-,21?,27-,29+,34?/m0/s1. The Kier molecular flexibility index (Phi) is 7.93. The van der Waals surface area contributed by atoms with Crippen molar-refractivity contribution in [1.82, 2.24) is 24.6 Å². The number of halogens is 1. The number of nitrogens with zero attached hydrogens (tertiary/aromatic N) is 4. The Morgan fingerprint density at radius 1 is 1.20 bits per heavy atom. The zero-order valence-corrected chi connectivity index (χ0v) is 26.3. The first kappa shape index (κ1) is 30.8. The zero-order chi connectivity index (χ0) is 32.1. The molecule has 1 saturated carbocycles. The summed E-state index contributed by atoms with van der Waals surface area (Å²) in [5.74, 6) is -0.878. The highest BCUT2D eigenvalue weighted by Crippen LogP contribution is 2.47. The van der Waals surface area contributed by atoms with Crippen LogP contribution >= 0.6 is 0 Å². The molecule has 10 nitrogen and oxygen atoms in total. The third-order valence-electron chi connectivity index (χ3n) is 9.01. The van der Waals surface area contributed by atoms with Crippen molar-refractivity contribution in [3.63, 3.8) is 0 Å². The molecule has 0 saturated heterocycles. The largest absolute Gasteiger partial charge is 0.458 e. The second-order valence-electron chi connectivity index (χ2n) is 13.4. The number of hydrogen-bond donors (Lipinski definition) is 2. The summed E-state index contributed by atoms with van der Waals surface area (Å²) < 4.78 is 30.4. The lowest BCUT2D eigenvalue weighted by molar-refractivity contribution is -0.174. The molecular formula is C34H40FN5O5. The number of rotatable bonds is 7. The number of imidazole rings is 1. The monoisotopic (exact) mass is 617 g/mol. The maximum absolute atomic E-state index is 15.3. The Bertz CT molecular complexity index is 1730. The lowest BCUT2D eigenvalue weighted by Gasteiger charge is -2.42. The number of hydrogen-bond acceptors (Lipinski definition) is 7. The predicted molar refractivity (Wildman–Crippen MR) is 166 cm³/mol. The van der Waals surface area contributed by atoms with Crippen LogP contribution in [0.15, 0.2) is 55.1 Å². The van der Waals surface area contributed by atoms with Crippen molar-refractivity contribution in [2.75, 3.05) is 0 Å². The van der Waals surface area contributed by atoms with E-state index in [1.807, 2.05) is 23.9 Å². The van der Waals surface area contributed by atoms with Crippen molar-refractivity contribution in [3.05, 3.63) is 72.1 Å². The maximum atomic E-state index is 15.3. The van der Waals surface area contributed by atoms with Gasteiger partial charge in [-0.15, -0.1) is 0 Å². The normalized spacial score (nSPS) is 22.4. The van der Waals surface area contributed by atoms with Crippen LogP contribution in [0.25, 0.3) is 22.2 Å². The fraction of sp³-hybridized carbons (Fsp3) is 0.471. The first-order chi connectivity index (χ1) is 21.3. The third kappa shape index (κ3) is 6.18. The quantitative estimate of drug-likeness (QED) is 0.252. The number of fused-ring (bicyclic) bond motifs is 4. The fourth-order valence-corrected chi connectivity index (χ4v) is 6.78. The minimum atomic E-state index is -1.37. The molecule has 1 fully saturated rings. The van der Waals surface area contributed by atoms with Crippen LogP contribution in [0.2, 0.25) is 0 Å². The van der Waals surface area contributed by atoms with E-state index in [-0.39, 0.29) is 18.2 Å². The molecule has 4 aromatic rings. The molecule has 1 aliphatic carbocycles. The highest BCUT2D eigenvalue weighted by molar-refractivity contribution is 5.81. The van der Waals surface area contributed by atoms with Crippen LogP contribution in [0.1, 0.15) is 82.9 Å². The van der Waals surface area contributed by atoms with Crippen molar-refractivity contribution < 1.29 is 28.6 Å². The number of carbonyl (C=O) groups excluding carboxylic acids is 2. The van der Waals surface area contributed by atoms with E-state index in [9.17, 15) is 14.7 Å². The molecular weight excluding hydrogens is 577 g/mol. The highest BCUT2D eigenvalue weighted by atomic mass is 19.1. The van der Waals surface area contributed by atoms with Gasteiger partial charge in [0.1, 0.15) is 29.2 Å². The molecule has 11 heteroatoms. The van der Waals surface area contributed by atoms with Gasteiger partial charge in [0.15, 0.2) is 0 Å². The lowest BCUT2D eigenvalue weighted by atomic mass is 9.72. The molecule has 1 amide bonds. The number of alkyl carbamates (subject to hydrolysis) is 1. The van der Waals surface area contributed by atoms with Crippen molar-refractivity contribution in [3.8, 4) is 11.3 Å². The van der Waals surface area contributed by atoms with Crippen molar-refractivity contribution >= 4 is 23.0 Å². The molecule has 2 N–H and O–H groups in total. The molecule has 0 spiro atoms. The zero-order valence-electron chi connectivity index (χ0n) is 26.3. The molecule has 3 atom stereocenters. The van der Waals surface area contributed by atoms with Crippen LogP contribution in [0.5, 0.6) is 0 Å². The number of carbonyl (C=O) groups is 2. The molecule has 0 bridgehead atoms. The molecule has 1 aliphatic heterocycles. The Hall–Kier alpha value is -4.25. The molecule has 2 aromatic heterocycles. The summed E-state index contributed by atoms with van der Waals surface area (Å²) in [6, 6.07) is 9.62. The minimum absolute atomic E-state index is 0.128. The summed E-state index contributed by atoms with van der Waals surface area (Å²) in [7, 11) is 1.90. The molecule has 0 unspecified atom stereocenters. The Labute approximate surface area is 261 Å². The van der Waals surface area contributed by atoms with Gasteiger partial charge in [0, 0.05) is 36.2 Å². The topological polar surface area (TPSA) is 120 Å². The lowest BCUT2D eigenvalue weighted by Crippen LogP contribution is -2.51. The highest BCUT2D eigenvalue weighted by Gasteiger charge is 2.46. The number of ether oxygens (including phenoxy) is 2. The van der Waals surface area contributed by atoms with E-state index in [4.69, 9.17) is 9.47 Å². The first-order valence-electron chi connectivity index (χ1n) is 15.5. The smallest absolute Gasteiger partial charge is 0.408 e. The van der Waals surface area contributed by atoms with Crippen molar-refractivity contribution in [1.29, 1.82) is 0 Å². The number of esters is 1. The van der Waals surface area contributed by atoms with E-state index in [0.29, 0.717) is 31.2 Å². The summed E-state index contributed by atoms with van der Waals surface area (Å²) in [4.78, 5) is 30.1. The van der Waals surface area contributed by atoms with Gasteiger partial charge in [0.05, 0.1) is 29.8 Å². The minimum Gasteiger partial charge on any atom is -0.458 e. The van der Waals surface area contributed by atoms with Crippen molar-refractivity contribution in [2.45, 2.75) is 95.1 Å². The molecule has 2 aliphatic rings. The number of aliphatic hydroxyl groups is 1. The van der Waals surface area contributed by atoms with Gasteiger partial charge in [0.2, 0.25) is 0 Å². The first-order valence-corrected chi connectivity index (χ1v) is 15.5. The van der Waals surface area contributed by atoms with Crippen molar-refractivity contribution in [2.24, 2.45) is 7.05 Å². The number of amides is 1. The van der Waals surface area contributed by atoms with Crippen LogP contribution < -0.4 is 5.32 Å². The Morgan fingerprint density at radius 3 is 2.69 bits per heavy atom. The van der Waals surface area contributed by atoms with E-state index in [0.717, 1.165) is 27.7 Å². The van der Waals surface area contributed by atoms with E-state index in [1.54, 1.807) is 44.0 Å². The number of nitrogens with one attached hydrogen (secondary N) is 1. The second kappa shape index (κ2) is 11.6. The van der Waals surface area contributed by atoms with E-state index >= 15 is 4.39 Å². The summed E-state index contributed by atoms with van der Waals surface area (Å²) in [5, 5.41) is 20.3. The van der Waals surface area contributed by atoms with Gasteiger partial charge in [-0.3, -0.25) is 4.68 Å². The van der Waals surface area contributed by atoms with E-state index in [2.05, 4.69) is 33.6 Å². The number of benzene rings is 2. The third-order valence-corrected chi connectivity index (χ3v) is 9.01. The van der Waals surface area contributed by atoms with Crippen LogP contribution in [0, 0.1) is 5.82 Å². The summed E-state index contributed by atoms with van der Waals surface area (Å²) in [6.45, 7) is 6.70. The van der Waals surface area contributed by atoms with E-state index < -0.39 is 41.5 Å². The van der Waals surface area contributed by atoms with Gasteiger partial charge in [-0.1, -0.05) is 24.3 Å². The second-order valence-corrected chi connectivity index (χ2v) is 13.4. The Balaban J connectivity index is 1.25. The molecule has 238 valence electrons. The van der Waals surface area contributed by atoms with Crippen LogP contribution in [0.4, 0.5) is 9.18 Å². The number of aromatic nitrogens is 4. The predicted octanol–water partition coefficient (Wildman–Crippen LogP) is 5.78. The number of aryl methyl sites for hydroxylation is 1. The van der Waals surface area contributed by atoms with Gasteiger partial charge in [-0.25, -0.2) is 19.0 Å². The fourth-order valence-electron chi connectivity index (χ4n) is 6.78. The molecule has 45 heavy (non-hydrogen) atoms. The average molecular weight is 618 g/mol. The summed E-state index contributed by atoms with van der Waals surface area (Å²) in [6.07, 6.45) is 5.77. The van der Waals surface area contributed by atoms with Gasteiger partial charge in [0.25, 0.3) is 0 Å². The van der Waals surface area contributed by atoms with Gasteiger partial charge < -0.3 is 24.5 Å². The Morgan fingerprint density at radius 2 is 1.96 bits per heavy atom. The van der Waals surface area contributed by atoms with Gasteiger partial charge >= 0.3 is 12.1 Å². The van der Waals surface area contributed by atoms with Gasteiger partial charge in [-0.2, -0.15) is 5.10 Å². The van der Waals surface area contributed by atoms with Crippen LogP contribution in [-0.4, -0.2) is 59.8 Å². The van der Waals surface area contributed by atoms with E-state index in [1.165, 1.54) is 13.0 Å². The maximum Gasteiger partial charge on any atom is 0.408 e. The molecule has 0 radical (unpaired) electrons. The van der Waals surface area contributed by atoms with Crippen LogP contribution in [-0.2, 0) is 21.3 Å². The van der Waals surface area contributed by atoms with Gasteiger partial charge in [-0.05, 0) is 77.0 Å². The summed E-state index contributed by atoms with van der Waals surface area (Å²) in [5.41, 5.74) is 1.93. The van der Waals surface area contributed by atoms with Crippen LogP contribution in [0.3, 0.4) is 0 Å². The molecule has 6 rings (SSSR count). The SMILES string of the molecule is C[C@H](NC(=O)OC(C)(C)C)C(=O)O[C@H](C[C@H]1c2c(F)cccc2-c2cncn21)C1(O)CCC(c2ccc3cn(C)nc3c2)CC1. The average Bonchev–Trinajstić information content (AvgIpc) is 3.66. The summed E-state index contributed by atoms with van der Waals surface area (Å²) >= 11 is 0. The molecule has 2 aromatic carbocycles.